The zero-order chi connectivity index (χ0) is 19.2. The Morgan fingerprint density at radius 3 is 2.38 bits per heavy atom. The molecule has 0 aliphatic heterocycles. The standard InChI is InChI=1S/C18H22N2O5S/c1-13-3-4-15(11-14(13)2)20-26(23,24)17-7-5-16(6-8-17)25-12-18(22)19-9-10-21/h3-8,11,20-21H,9-10,12H2,1-2H3,(H,19,22). The lowest BCUT2D eigenvalue weighted by Gasteiger charge is -2.11. The van der Waals surface area contributed by atoms with Gasteiger partial charge in [0.1, 0.15) is 5.75 Å². The molecule has 0 aromatic heterocycles. The van der Waals surface area contributed by atoms with Crippen molar-refractivity contribution in [3.63, 3.8) is 0 Å². The molecule has 0 heterocycles. The molecule has 7 nitrogen and oxygen atoms in total. The van der Waals surface area contributed by atoms with E-state index in [-0.39, 0.29) is 30.6 Å². The number of aliphatic hydroxyl groups excluding tert-OH is 1. The summed E-state index contributed by atoms with van der Waals surface area (Å²) >= 11 is 0. The lowest BCUT2D eigenvalue weighted by molar-refractivity contribution is -0.123. The fourth-order valence-electron chi connectivity index (χ4n) is 2.13. The van der Waals surface area contributed by atoms with Crippen molar-refractivity contribution in [2.45, 2.75) is 18.7 Å². The number of rotatable bonds is 8. The fraction of sp³-hybridized carbons (Fsp3) is 0.278. The highest BCUT2D eigenvalue weighted by atomic mass is 32.2. The van der Waals surface area contributed by atoms with Crippen LogP contribution >= 0.6 is 0 Å². The van der Waals surface area contributed by atoms with Crippen LogP contribution in [-0.2, 0) is 14.8 Å². The van der Waals surface area contributed by atoms with E-state index in [1.807, 2.05) is 19.9 Å². The molecule has 0 fully saturated rings. The van der Waals surface area contributed by atoms with E-state index in [0.29, 0.717) is 11.4 Å². The summed E-state index contributed by atoms with van der Waals surface area (Å²) in [6, 6.07) is 11.1. The molecule has 0 radical (unpaired) electrons. The van der Waals surface area contributed by atoms with Crippen LogP contribution in [0.2, 0.25) is 0 Å². The van der Waals surface area contributed by atoms with E-state index in [2.05, 4.69) is 10.0 Å². The normalized spacial score (nSPS) is 11.0. The molecule has 2 rings (SSSR count). The molecule has 3 N–H and O–H groups in total. The van der Waals surface area contributed by atoms with Gasteiger partial charge in [0, 0.05) is 12.2 Å². The number of sulfonamides is 1. The molecular formula is C18H22N2O5S. The van der Waals surface area contributed by atoms with Gasteiger partial charge in [0.2, 0.25) is 0 Å². The number of hydrogen-bond donors (Lipinski definition) is 3. The van der Waals surface area contributed by atoms with E-state index in [4.69, 9.17) is 9.84 Å². The van der Waals surface area contributed by atoms with Crippen molar-refractivity contribution < 1.29 is 23.1 Å². The number of aliphatic hydroxyl groups is 1. The SMILES string of the molecule is Cc1ccc(NS(=O)(=O)c2ccc(OCC(=O)NCCO)cc2)cc1C. The maximum atomic E-state index is 12.5. The maximum absolute atomic E-state index is 12.5. The zero-order valence-electron chi connectivity index (χ0n) is 14.7. The van der Waals surface area contributed by atoms with Crippen LogP contribution in [0.1, 0.15) is 11.1 Å². The summed E-state index contributed by atoms with van der Waals surface area (Å²) in [5.41, 5.74) is 2.57. The number of hydrogen-bond acceptors (Lipinski definition) is 5. The van der Waals surface area contributed by atoms with Gasteiger partial charge in [0.25, 0.3) is 15.9 Å². The van der Waals surface area contributed by atoms with Gasteiger partial charge in [-0.15, -0.1) is 0 Å². The summed E-state index contributed by atoms with van der Waals surface area (Å²) in [7, 11) is -3.72. The van der Waals surface area contributed by atoms with Crippen molar-refractivity contribution in [3.8, 4) is 5.75 Å². The van der Waals surface area contributed by atoms with Gasteiger partial charge in [-0.1, -0.05) is 6.07 Å². The molecule has 0 spiro atoms. The van der Waals surface area contributed by atoms with Crippen LogP contribution in [0.25, 0.3) is 0 Å². The van der Waals surface area contributed by atoms with Crippen LogP contribution in [-0.4, -0.2) is 39.2 Å². The molecule has 26 heavy (non-hydrogen) atoms. The van der Waals surface area contributed by atoms with E-state index in [9.17, 15) is 13.2 Å². The molecule has 0 aliphatic carbocycles. The Labute approximate surface area is 153 Å². The second-order valence-electron chi connectivity index (χ2n) is 5.74. The van der Waals surface area contributed by atoms with Gasteiger partial charge in [0.15, 0.2) is 6.61 Å². The van der Waals surface area contributed by atoms with Gasteiger partial charge in [-0.3, -0.25) is 9.52 Å². The maximum Gasteiger partial charge on any atom is 0.261 e. The quantitative estimate of drug-likeness (QED) is 0.647. The van der Waals surface area contributed by atoms with E-state index in [0.717, 1.165) is 11.1 Å². The largest absolute Gasteiger partial charge is 0.484 e. The third kappa shape index (κ3) is 5.47. The second-order valence-corrected chi connectivity index (χ2v) is 7.42. The monoisotopic (exact) mass is 378 g/mol. The summed E-state index contributed by atoms with van der Waals surface area (Å²) in [4.78, 5) is 11.5. The number of aryl methyl sites for hydroxylation is 2. The Hall–Kier alpha value is -2.58. The molecule has 2 aromatic carbocycles. The molecule has 2 aromatic rings. The highest BCUT2D eigenvalue weighted by Crippen LogP contribution is 2.21. The average molecular weight is 378 g/mol. The van der Waals surface area contributed by atoms with E-state index < -0.39 is 10.0 Å². The Bertz CT molecular complexity index is 864. The first-order valence-electron chi connectivity index (χ1n) is 8.02. The third-order valence-corrected chi connectivity index (χ3v) is 5.09. The van der Waals surface area contributed by atoms with Gasteiger partial charge in [-0.05, 0) is 61.4 Å². The predicted octanol–water partition coefficient (Wildman–Crippen LogP) is 1.59. The van der Waals surface area contributed by atoms with Crippen LogP contribution < -0.4 is 14.8 Å². The Kier molecular flexibility index (Phi) is 6.59. The minimum absolute atomic E-state index is 0.0906. The summed E-state index contributed by atoms with van der Waals surface area (Å²) in [5.74, 6) is 0.00133. The summed E-state index contributed by atoms with van der Waals surface area (Å²) in [6.45, 7) is 3.66. The Balaban J connectivity index is 2.01. The number of carbonyl (C=O) groups is 1. The fourth-order valence-corrected chi connectivity index (χ4v) is 3.18. The first-order chi connectivity index (χ1) is 12.3. The first-order valence-corrected chi connectivity index (χ1v) is 9.50. The molecule has 0 saturated heterocycles. The predicted molar refractivity (Wildman–Crippen MR) is 98.8 cm³/mol. The highest BCUT2D eigenvalue weighted by molar-refractivity contribution is 7.92. The van der Waals surface area contributed by atoms with Crippen LogP contribution in [0.4, 0.5) is 5.69 Å². The minimum Gasteiger partial charge on any atom is -0.484 e. The topological polar surface area (TPSA) is 105 Å². The van der Waals surface area contributed by atoms with Gasteiger partial charge in [-0.25, -0.2) is 8.42 Å². The van der Waals surface area contributed by atoms with Crippen LogP contribution in [0.15, 0.2) is 47.4 Å². The van der Waals surface area contributed by atoms with Crippen LogP contribution in [0.5, 0.6) is 5.75 Å². The molecule has 140 valence electrons. The van der Waals surface area contributed by atoms with Crippen molar-refractivity contribution in [1.82, 2.24) is 5.32 Å². The third-order valence-electron chi connectivity index (χ3n) is 3.70. The molecule has 0 unspecified atom stereocenters. The number of anilines is 1. The molecule has 0 aliphatic rings. The molecule has 1 amide bonds. The molecule has 8 heteroatoms. The number of nitrogens with one attached hydrogen (secondary N) is 2. The van der Waals surface area contributed by atoms with E-state index in [1.165, 1.54) is 24.3 Å². The van der Waals surface area contributed by atoms with Crippen LogP contribution in [0.3, 0.4) is 0 Å². The lowest BCUT2D eigenvalue weighted by atomic mass is 10.1. The molecule has 0 atom stereocenters. The van der Waals surface area contributed by atoms with Crippen molar-refractivity contribution in [2.24, 2.45) is 0 Å². The van der Waals surface area contributed by atoms with Crippen molar-refractivity contribution in [2.75, 3.05) is 24.5 Å². The number of benzene rings is 2. The second kappa shape index (κ2) is 8.68. The van der Waals surface area contributed by atoms with Crippen molar-refractivity contribution in [3.05, 3.63) is 53.6 Å². The average Bonchev–Trinajstić information content (AvgIpc) is 2.61. The summed E-state index contributed by atoms with van der Waals surface area (Å²) < 4.78 is 32.7. The van der Waals surface area contributed by atoms with Gasteiger partial charge in [-0.2, -0.15) is 0 Å². The molecule has 0 saturated carbocycles. The number of amides is 1. The smallest absolute Gasteiger partial charge is 0.261 e. The zero-order valence-corrected chi connectivity index (χ0v) is 15.5. The lowest BCUT2D eigenvalue weighted by Crippen LogP contribution is -2.31. The van der Waals surface area contributed by atoms with Gasteiger partial charge >= 0.3 is 0 Å². The van der Waals surface area contributed by atoms with Gasteiger partial charge < -0.3 is 15.2 Å². The van der Waals surface area contributed by atoms with E-state index in [1.54, 1.807) is 12.1 Å². The Morgan fingerprint density at radius 2 is 1.77 bits per heavy atom. The number of carbonyl (C=O) groups excluding carboxylic acids is 1. The molecule has 0 bridgehead atoms. The minimum atomic E-state index is -3.72. The van der Waals surface area contributed by atoms with E-state index >= 15 is 0 Å². The van der Waals surface area contributed by atoms with Crippen LogP contribution in [0, 0.1) is 13.8 Å². The molecular weight excluding hydrogens is 356 g/mol. The van der Waals surface area contributed by atoms with Gasteiger partial charge in [0.05, 0.1) is 11.5 Å². The van der Waals surface area contributed by atoms with Crippen molar-refractivity contribution >= 4 is 21.6 Å². The highest BCUT2D eigenvalue weighted by Gasteiger charge is 2.14. The Morgan fingerprint density at radius 1 is 1.08 bits per heavy atom. The number of ether oxygens (including phenoxy) is 1. The van der Waals surface area contributed by atoms with Crippen molar-refractivity contribution in [1.29, 1.82) is 0 Å². The summed E-state index contributed by atoms with van der Waals surface area (Å²) in [5, 5.41) is 11.1. The first kappa shape index (κ1) is 19.7. The summed E-state index contributed by atoms with van der Waals surface area (Å²) in [6.07, 6.45) is 0.